The largest absolute Gasteiger partial charge is 0.462 e. The molecule has 2 rings (SSSR count). The molecule has 1 aromatic carbocycles. The number of nitrogens with zero attached hydrogens (tertiary/aromatic N) is 2. The normalized spacial score (nSPS) is 10.0. The zero-order valence-electron chi connectivity index (χ0n) is 13.8. The Morgan fingerprint density at radius 2 is 2.19 bits per heavy atom. The van der Waals surface area contributed by atoms with Gasteiger partial charge in [0.05, 0.1) is 16.4 Å². The Bertz CT molecular complexity index is 917. The summed E-state index contributed by atoms with van der Waals surface area (Å²) in [6.07, 6.45) is 0. The fourth-order valence-electron chi connectivity index (χ4n) is 2.08. The molecule has 1 heterocycles. The molecule has 134 valence electrons. The van der Waals surface area contributed by atoms with Crippen LogP contribution in [0.4, 0.5) is 10.7 Å². The number of hydrogen-bond donors (Lipinski definition) is 1. The van der Waals surface area contributed by atoms with Gasteiger partial charge in [-0.2, -0.15) is 5.26 Å². The minimum Gasteiger partial charge on any atom is -0.462 e. The van der Waals surface area contributed by atoms with Crippen molar-refractivity contribution < 1.29 is 19.2 Å². The summed E-state index contributed by atoms with van der Waals surface area (Å²) < 4.78 is 4.98. The number of thioether (sulfide) groups is 1. The van der Waals surface area contributed by atoms with Gasteiger partial charge in [0.25, 0.3) is 11.6 Å². The van der Waals surface area contributed by atoms with E-state index in [9.17, 15) is 19.7 Å². The molecular formula is C16H13N3O5S2. The number of esters is 1. The maximum Gasteiger partial charge on any atom is 0.348 e. The number of thiophene rings is 1. The lowest BCUT2D eigenvalue weighted by atomic mass is 10.2. The minimum absolute atomic E-state index is 0.0934. The number of non-ortho nitro benzene ring substituents is 1. The van der Waals surface area contributed by atoms with E-state index in [2.05, 4.69) is 5.32 Å². The summed E-state index contributed by atoms with van der Waals surface area (Å²) in [5.41, 5.74) is 0.420. The number of rotatable bonds is 6. The van der Waals surface area contributed by atoms with Crippen molar-refractivity contribution >= 4 is 45.7 Å². The van der Waals surface area contributed by atoms with Gasteiger partial charge < -0.3 is 10.1 Å². The van der Waals surface area contributed by atoms with Crippen LogP contribution in [-0.2, 0) is 4.74 Å². The van der Waals surface area contributed by atoms with Gasteiger partial charge in [0, 0.05) is 17.7 Å². The number of nitrogens with one attached hydrogen (secondary N) is 1. The van der Waals surface area contributed by atoms with E-state index in [1.54, 1.807) is 13.8 Å². The SMILES string of the molecule is CCOC(=O)c1sc(NC(=O)c2cccc([N+](=O)[O-])c2)c(SC#N)c1C. The first-order chi connectivity index (χ1) is 12.4. The molecule has 0 atom stereocenters. The summed E-state index contributed by atoms with van der Waals surface area (Å²) in [5.74, 6) is -1.12. The van der Waals surface area contributed by atoms with Crippen LogP contribution in [0.1, 0.15) is 32.5 Å². The van der Waals surface area contributed by atoms with Gasteiger partial charge in [0.1, 0.15) is 15.3 Å². The number of nitro benzene ring substituents is 1. The number of hydrogen-bond acceptors (Lipinski definition) is 8. The number of amides is 1. The van der Waals surface area contributed by atoms with Gasteiger partial charge in [-0.3, -0.25) is 14.9 Å². The van der Waals surface area contributed by atoms with E-state index in [0.717, 1.165) is 29.2 Å². The van der Waals surface area contributed by atoms with Crippen LogP contribution >= 0.6 is 23.1 Å². The molecule has 0 aliphatic carbocycles. The quantitative estimate of drug-likeness (QED) is 0.260. The molecule has 0 aliphatic heterocycles. The third kappa shape index (κ3) is 4.19. The highest BCUT2D eigenvalue weighted by molar-refractivity contribution is 8.04. The van der Waals surface area contributed by atoms with E-state index in [-0.39, 0.29) is 17.9 Å². The molecule has 26 heavy (non-hydrogen) atoms. The molecule has 0 aliphatic rings. The first kappa shape index (κ1) is 19.4. The molecule has 2 aromatic rings. The molecule has 1 aromatic heterocycles. The van der Waals surface area contributed by atoms with Crippen LogP contribution in [0.3, 0.4) is 0 Å². The summed E-state index contributed by atoms with van der Waals surface area (Å²) in [4.78, 5) is 35.4. The van der Waals surface area contributed by atoms with Crippen molar-refractivity contribution in [3.63, 3.8) is 0 Å². The molecule has 0 radical (unpaired) electrons. The van der Waals surface area contributed by atoms with Crippen LogP contribution in [0.25, 0.3) is 0 Å². The standard InChI is InChI=1S/C16H13N3O5S2/c1-3-24-16(21)13-9(2)12(25-8-17)15(26-13)18-14(20)10-5-4-6-11(7-10)19(22)23/h4-7H,3H2,1-2H3,(H,18,20). The first-order valence-electron chi connectivity index (χ1n) is 7.31. The zero-order valence-corrected chi connectivity index (χ0v) is 15.4. The van der Waals surface area contributed by atoms with Gasteiger partial charge in [-0.15, -0.1) is 11.3 Å². The number of ether oxygens (including phenoxy) is 1. The number of nitro groups is 1. The van der Waals surface area contributed by atoms with Crippen LogP contribution in [0, 0.1) is 27.7 Å². The van der Waals surface area contributed by atoms with Crippen molar-refractivity contribution in [1.29, 1.82) is 5.26 Å². The third-order valence-corrected chi connectivity index (χ3v) is 5.37. The number of benzene rings is 1. The maximum atomic E-state index is 12.4. The van der Waals surface area contributed by atoms with E-state index >= 15 is 0 Å². The second-order valence-corrected chi connectivity index (χ2v) is 6.71. The van der Waals surface area contributed by atoms with Crippen molar-refractivity contribution in [1.82, 2.24) is 0 Å². The van der Waals surface area contributed by atoms with Crippen LogP contribution in [-0.4, -0.2) is 23.4 Å². The predicted molar refractivity (Wildman–Crippen MR) is 97.5 cm³/mol. The second-order valence-electron chi connectivity index (χ2n) is 4.89. The van der Waals surface area contributed by atoms with Gasteiger partial charge in [-0.05, 0) is 37.2 Å². The zero-order chi connectivity index (χ0) is 19.3. The molecule has 0 bridgehead atoms. The Morgan fingerprint density at radius 1 is 1.46 bits per heavy atom. The lowest BCUT2D eigenvalue weighted by molar-refractivity contribution is -0.384. The molecule has 1 N–H and O–H groups in total. The molecule has 10 heteroatoms. The summed E-state index contributed by atoms with van der Waals surface area (Å²) in [7, 11) is 0. The van der Waals surface area contributed by atoms with Crippen molar-refractivity contribution in [3.05, 3.63) is 50.4 Å². The topological polar surface area (TPSA) is 122 Å². The lowest BCUT2D eigenvalue weighted by Crippen LogP contribution is -2.11. The Hall–Kier alpha value is -2.90. The van der Waals surface area contributed by atoms with E-state index in [4.69, 9.17) is 10.00 Å². The smallest absolute Gasteiger partial charge is 0.348 e. The molecular weight excluding hydrogens is 378 g/mol. The predicted octanol–water partition coefficient (Wildman–Crippen LogP) is 3.97. The van der Waals surface area contributed by atoms with Crippen LogP contribution in [0.5, 0.6) is 0 Å². The van der Waals surface area contributed by atoms with Gasteiger partial charge in [0.2, 0.25) is 0 Å². The Morgan fingerprint density at radius 3 is 2.81 bits per heavy atom. The Kier molecular flexibility index (Phi) is 6.32. The highest BCUT2D eigenvalue weighted by Gasteiger charge is 2.23. The fourth-order valence-corrected chi connectivity index (χ4v) is 3.87. The van der Waals surface area contributed by atoms with E-state index in [1.807, 2.05) is 5.40 Å². The molecule has 0 saturated carbocycles. The van der Waals surface area contributed by atoms with Crippen molar-refractivity contribution in [3.8, 4) is 5.40 Å². The molecule has 0 spiro atoms. The second kappa shape index (κ2) is 8.46. The highest BCUT2D eigenvalue weighted by atomic mass is 32.2. The number of carbonyl (C=O) groups is 2. The Labute approximate surface area is 156 Å². The average Bonchev–Trinajstić information content (AvgIpc) is 2.92. The molecule has 0 saturated heterocycles. The lowest BCUT2D eigenvalue weighted by Gasteiger charge is -2.04. The van der Waals surface area contributed by atoms with Crippen LogP contribution < -0.4 is 5.32 Å². The van der Waals surface area contributed by atoms with Gasteiger partial charge in [-0.1, -0.05) is 6.07 Å². The van der Waals surface area contributed by atoms with Gasteiger partial charge in [-0.25, -0.2) is 4.79 Å². The molecule has 8 nitrogen and oxygen atoms in total. The highest BCUT2D eigenvalue weighted by Crippen LogP contribution is 2.40. The van der Waals surface area contributed by atoms with Gasteiger partial charge in [0.15, 0.2) is 0 Å². The monoisotopic (exact) mass is 391 g/mol. The number of anilines is 1. The van der Waals surface area contributed by atoms with Crippen molar-refractivity contribution in [2.24, 2.45) is 0 Å². The minimum atomic E-state index is -0.595. The summed E-state index contributed by atoms with van der Waals surface area (Å²) >= 11 is 1.81. The van der Waals surface area contributed by atoms with E-state index in [1.165, 1.54) is 18.2 Å². The number of carbonyl (C=O) groups excluding carboxylic acids is 2. The average molecular weight is 391 g/mol. The summed E-state index contributed by atoms with van der Waals surface area (Å²) in [5, 5.41) is 24.7. The van der Waals surface area contributed by atoms with Crippen LogP contribution in [0.2, 0.25) is 0 Å². The van der Waals surface area contributed by atoms with Gasteiger partial charge >= 0.3 is 5.97 Å². The van der Waals surface area contributed by atoms with Crippen molar-refractivity contribution in [2.75, 3.05) is 11.9 Å². The molecule has 1 amide bonds. The maximum absolute atomic E-state index is 12.4. The fraction of sp³-hybridized carbons (Fsp3) is 0.188. The number of nitriles is 1. The first-order valence-corrected chi connectivity index (χ1v) is 8.94. The number of thiocyanates is 1. The van der Waals surface area contributed by atoms with Crippen LogP contribution in [0.15, 0.2) is 29.2 Å². The Balaban J connectivity index is 2.36. The third-order valence-electron chi connectivity index (χ3n) is 3.25. The molecule has 0 unspecified atom stereocenters. The van der Waals surface area contributed by atoms with Crippen molar-refractivity contribution in [2.45, 2.75) is 18.7 Å². The summed E-state index contributed by atoms with van der Waals surface area (Å²) in [6.45, 7) is 3.54. The molecule has 0 fully saturated rings. The summed E-state index contributed by atoms with van der Waals surface area (Å²) in [6, 6.07) is 5.27. The van der Waals surface area contributed by atoms with E-state index in [0.29, 0.717) is 20.3 Å². The van der Waals surface area contributed by atoms with E-state index < -0.39 is 16.8 Å².